The van der Waals surface area contributed by atoms with Crippen LogP contribution in [0.15, 0.2) is 24.3 Å². The van der Waals surface area contributed by atoms with Gasteiger partial charge in [0.05, 0.1) is 5.92 Å². The lowest BCUT2D eigenvalue weighted by molar-refractivity contribution is -0.123. The number of carbonyl (C=O) groups is 1. The van der Waals surface area contributed by atoms with Crippen LogP contribution in [-0.4, -0.2) is 19.0 Å². The zero-order chi connectivity index (χ0) is 15.3. The van der Waals surface area contributed by atoms with E-state index in [9.17, 15) is 4.79 Å². The van der Waals surface area contributed by atoms with E-state index in [-0.39, 0.29) is 17.2 Å². The third-order valence-electron chi connectivity index (χ3n) is 5.26. The molecule has 0 spiro atoms. The highest BCUT2D eigenvalue weighted by molar-refractivity contribution is 5.84. The largest absolute Gasteiger partial charge is 0.355 e. The molecule has 0 aliphatic heterocycles. The monoisotopic (exact) mass is 288 g/mol. The van der Waals surface area contributed by atoms with Crippen LogP contribution in [-0.2, 0) is 11.2 Å². The molecule has 1 atom stereocenters. The van der Waals surface area contributed by atoms with E-state index in [2.05, 4.69) is 37.4 Å². The number of hydrogen-bond acceptors (Lipinski definition) is 2. The molecule has 0 fully saturated rings. The molecular weight excluding hydrogens is 260 g/mol. The number of carbonyl (C=O) groups excluding carboxylic acids is 1. The average Bonchev–Trinajstić information content (AvgIpc) is 2.56. The maximum absolute atomic E-state index is 12.6. The minimum absolute atomic E-state index is 0.0131. The van der Waals surface area contributed by atoms with Crippen molar-refractivity contribution in [2.75, 3.05) is 13.1 Å². The van der Waals surface area contributed by atoms with Gasteiger partial charge >= 0.3 is 0 Å². The Morgan fingerprint density at radius 3 is 2.71 bits per heavy atom. The first-order valence-electron chi connectivity index (χ1n) is 8.21. The van der Waals surface area contributed by atoms with Crippen molar-refractivity contribution in [1.29, 1.82) is 0 Å². The van der Waals surface area contributed by atoms with Gasteiger partial charge in [-0.05, 0) is 55.2 Å². The van der Waals surface area contributed by atoms with Crippen molar-refractivity contribution in [3.63, 3.8) is 0 Å². The van der Waals surface area contributed by atoms with Gasteiger partial charge in [0.2, 0.25) is 5.91 Å². The Morgan fingerprint density at radius 1 is 1.33 bits per heavy atom. The summed E-state index contributed by atoms with van der Waals surface area (Å²) < 4.78 is 0. The molecular formula is C18H28N2O. The van der Waals surface area contributed by atoms with Crippen LogP contribution in [0.2, 0.25) is 0 Å². The molecule has 116 valence electrons. The quantitative estimate of drug-likeness (QED) is 0.845. The number of aryl methyl sites for hydroxylation is 1. The number of hydrogen-bond donors (Lipinski definition) is 2. The molecule has 1 amide bonds. The Bertz CT molecular complexity index is 472. The van der Waals surface area contributed by atoms with E-state index < -0.39 is 0 Å². The van der Waals surface area contributed by atoms with E-state index in [4.69, 9.17) is 5.73 Å². The molecule has 1 aliphatic rings. The third-order valence-corrected chi connectivity index (χ3v) is 5.26. The summed E-state index contributed by atoms with van der Waals surface area (Å²) in [7, 11) is 0. The predicted molar refractivity (Wildman–Crippen MR) is 87.2 cm³/mol. The first-order valence-corrected chi connectivity index (χ1v) is 8.21. The standard InChI is InChI=1S/C18H28N2O/c1-3-18(4-2,12-19)13-20-17(21)16-11-7-9-14-8-5-6-10-15(14)16/h5-6,8,10,16H,3-4,7,9,11-13,19H2,1-2H3,(H,20,21). The number of nitrogens with two attached hydrogens (primary N) is 1. The highest BCUT2D eigenvalue weighted by Crippen LogP contribution is 2.32. The summed E-state index contributed by atoms with van der Waals surface area (Å²) in [5, 5.41) is 3.17. The Morgan fingerprint density at radius 2 is 2.05 bits per heavy atom. The predicted octanol–water partition coefficient (Wildman–Crippen LogP) is 2.99. The zero-order valence-electron chi connectivity index (χ0n) is 13.3. The van der Waals surface area contributed by atoms with Gasteiger partial charge in [-0.2, -0.15) is 0 Å². The van der Waals surface area contributed by atoms with Crippen LogP contribution in [0, 0.1) is 5.41 Å². The van der Waals surface area contributed by atoms with Crippen LogP contribution < -0.4 is 11.1 Å². The van der Waals surface area contributed by atoms with Crippen LogP contribution in [0.5, 0.6) is 0 Å². The average molecular weight is 288 g/mol. The van der Waals surface area contributed by atoms with Crippen molar-refractivity contribution in [2.24, 2.45) is 11.1 Å². The topological polar surface area (TPSA) is 55.1 Å². The summed E-state index contributed by atoms with van der Waals surface area (Å²) in [5.41, 5.74) is 8.51. The van der Waals surface area contributed by atoms with Crippen molar-refractivity contribution < 1.29 is 4.79 Å². The molecule has 1 aromatic rings. The first-order chi connectivity index (χ1) is 10.2. The number of nitrogens with one attached hydrogen (secondary N) is 1. The van der Waals surface area contributed by atoms with Crippen LogP contribution >= 0.6 is 0 Å². The van der Waals surface area contributed by atoms with Crippen molar-refractivity contribution in [1.82, 2.24) is 5.32 Å². The van der Waals surface area contributed by atoms with Gasteiger partial charge in [0, 0.05) is 6.54 Å². The Hall–Kier alpha value is -1.35. The summed E-state index contributed by atoms with van der Waals surface area (Å²) in [6, 6.07) is 8.35. The molecule has 1 aromatic carbocycles. The third kappa shape index (κ3) is 3.46. The number of benzene rings is 1. The second-order valence-corrected chi connectivity index (χ2v) is 6.27. The molecule has 0 saturated carbocycles. The molecule has 3 heteroatoms. The molecule has 0 radical (unpaired) electrons. The molecule has 1 aliphatic carbocycles. The fraction of sp³-hybridized carbons (Fsp3) is 0.611. The van der Waals surface area contributed by atoms with Gasteiger partial charge in [-0.25, -0.2) is 0 Å². The maximum atomic E-state index is 12.6. The minimum atomic E-state index is 0.0131. The van der Waals surface area contributed by atoms with Gasteiger partial charge < -0.3 is 11.1 Å². The van der Waals surface area contributed by atoms with Crippen molar-refractivity contribution in [2.45, 2.75) is 51.9 Å². The van der Waals surface area contributed by atoms with Gasteiger partial charge in [-0.1, -0.05) is 38.1 Å². The molecule has 21 heavy (non-hydrogen) atoms. The molecule has 0 bridgehead atoms. The van der Waals surface area contributed by atoms with Crippen LogP contribution in [0.4, 0.5) is 0 Å². The summed E-state index contributed by atoms with van der Waals surface area (Å²) in [4.78, 5) is 12.6. The first kappa shape index (κ1) is 16.0. The van der Waals surface area contributed by atoms with E-state index in [1.165, 1.54) is 11.1 Å². The van der Waals surface area contributed by atoms with Gasteiger partial charge in [0.15, 0.2) is 0 Å². The van der Waals surface area contributed by atoms with E-state index in [1.54, 1.807) is 0 Å². The van der Waals surface area contributed by atoms with Gasteiger partial charge in [-0.3, -0.25) is 4.79 Å². The zero-order valence-corrected chi connectivity index (χ0v) is 13.3. The fourth-order valence-corrected chi connectivity index (χ4v) is 3.28. The minimum Gasteiger partial charge on any atom is -0.355 e. The smallest absolute Gasteiger partial charge is 0.227 e. The lowest BCUT2D eigenvalue weighted by Crippen LogP contribution is -2.43. The Kier molecular flexibility index (Phi) is 5.40. The van der Waals surface area contributed by atoms with Gasteiger partial charge in [-0.15, -0.1) is 0 Å². The summed E-state index contributed by atoms with van der Waals surface area (Å²) >= 11 is 0. The van der Waals surface area contributed by atoms with Crippen molar-refractivity contribution in [3.05, 3.63) is 35.4 Å². The second-order valence-electron chi connectivity index (χ2n) is 6.27. The lowest BCUT2D eigenvalue weighted by atomic mass is 9.80. The summed E-state index contributed by atoms with van der Waals surface area (Å²) in [5.74, 6) is 0.181. The van der Waals surface area contributed by atoms with Gasteiger partial charge in [0.1, 0.15) is 0 Å². The van der Waals surface area contributed by atoms with Crippen LogP contribution in [0.25, 0.3) is 0 Å². The number of fused-ring (bicyclic) bond motifs is 1. The van der Waals surface area contributed by atoms with E-state index >= 15 is 0 Å². The molecule has 3 nitrogen and oxygen atoms in total. The Balaban J connectivity index is 2.05. The summed E-state index contributed by atoms with van der Waals surface area (Å²) in [6.07, 6.45) is 5.15. The fourth-order valence-electron chi connectivity index (χ4n) is 3.28. The van der Waals surface area contributed by atoms with Crippen LogP contribution in [0.3, 0.4) is 0 Å². The molecule has 3 N–H and O–H groups in total. The highest BCUT2D eigenvalue weighted by atomic mass is 16.1. The SMILES string of the molecule is CCC(CC)(CN)CNC(=O)C1CCCc2ccccc21. The molecule has 0 saturated heterocycles. The molecule has 2 rings (SSSR count). The summed E-state index contributed by atoms with van der Waals surface area (Å²) in [6.45, 7) is 5.62. The molecule has 0 heterocycles. The maximum Gasteiger partial charge on any atom is 0.227 e. The van der Waals surface area contributed by atoms with Crippen LogP contribution in [0.1, 0.15) is 56.6 Å². The van der Waals surface area contributed by atoms with Crippen molar-refractivity contribution >= 4 is 5.91 Å². The van der Waals surface area contributed by atoms with E-state index in [0.717, 1.165) is 32.1 Å². The lowest BCUT2D eigenvalue weighted by Gasteiger charge is -2.32. The highest BCUT2D eigenvalue weighted by Gasteiger charge is 2.29. The van der Waals surface area contributed by atoms with Crippen molar-refractivity contribution in [3.8, 4) is 0 Å². The molecule has 0 aromatic heterocycles. The second kappa shape index (κ2) is 7.08. The number of rotatable bonds is 6. The normalized spacial score (nSPS) is 18.1. The van der Waals surface area contributed by atoms with E-state index in [0.29, 0.717) is 13.1 Å². The van der Waals surface area contributed by atoms with Gasteiger partial charge in [0.25, 0.3) is 0 Å². The molecule has 1 unspecified atom stereocenters. The Labute approximate surface area is 128 Å². The number of amides is 1. The van der Waals surface area contributed by atoms with E-state index in [1.807, 2.05) is 6.07 Å².